The van der Waals surface area contributed by atoms with E-state index in [0.717, 1.165) is 16.3 Å². The van der Waals surface area contributed by atoms with Gasteiger partial charge in [0.05, 0.1) is 11.3 Å². The molecule has 0 saturated carbocycles. The summed E-state index contributed by atoms with van der Waals surface area (Å²) in [7, 11) is 0. The number of nitrogens with one attached hydrogen (secondary N) is 1. The fourth-order valence-corrected chi connectivity index (χ4v) is 2.26. The van der Waals surface area contributed by atoms with Crippen molar-refractivity contribution in [2.24, 2.45) is 5.10 Å². The highest BCUT2D eigenvalue weighted by Gasteiger charge is 2.12. The van der Waals surface area contributed by atoms with Crippen LogP contribution in [-0.4, -0.2) is 21.7 Å². The predicted octanol–water partition coefficient (Wildman–Crippen LogP) is 3.09. The van der Waals surface area contributed by atoms with Gasteiger partial charge >= 0.3 is 0 Å². The van der Waals surface area contributed by atoms with Gasteiger partial charge in [-0.25, -0.2) is 5.43 Å². The molecule has 1 aromatic heterocycles. The molecule has 0 spiro atoms. The Morgan fingerprint density at radius 3 is 2.43 bits per heavy atom. The first-order valence-electron chi connectivity index (χ1n) is 7.12. The number of carbonyl (C=O) groups is 1. The fourth-order valence-electron chi connectivity index (χ4n) is 2.26. The van der Waals surface area contributed by atoms with Crippen LogP contribution >= 0.6 is 0 Å². The molecule has 2 aromatic carbocycles. The molecule has 0 radical (unpaired) electrons. The maximum atomic E-state index is 12.3. The summed E-state index contributed by atoms with van der Waals surface area (Å²) in [6.07, 6.45) is 3.32. The van der Waals surface area contributed by atoms with Crippen LogP contribution in [0.4, 0.5) is 0 Å². The maximum absolute atomic E-state index is 12.3. The highest BCUT2D eigenvalue weighted by molar-refractivity contribution is 6.03. The van der Waals surface area contributed by atoms with Crippen LogP contribution in [0.3, 0.4) is 0 Å². The summed E-state index contributed by atoms with van der Waals surface area (Å²) in [5, 5.41) is 15.9. The van der Waals surface area contributed by atoms with Gasteiger partial charge in [0.2, 0.25) is 0 Å². The van der Waals surface area contributed by atoms with Gasteiger partial charge in [-0.15, -0.1) is 0 Å². The van der Waals surface area contributed by atoms with Crippen molar-refractivity contribution in [3.8, 4) is 5.75 Å². The third-order valence-electron chi connectivity index (χ3n) is 3.53. The lowest BCUT2D eigenvalue weighted by Crippen LogP contribution is -2.19. The Morgan fingerprint density at radius 1 is 1.09 bits per heavy atom. The molecule has 0 aliphatic rings. The zero-order valence-corrected chi connectivity index (χ0v) is 12.5. The molecule has 0 fully saturated rings. The maximum Gasteiger partial charge on any atom is 0.275 e. The summed E-state index contributed by atoms with van der Waals surface area (Å²) < 4.78 is 0. The van der Waals surface area contributed by atoms with Gasteiger partial charge in [0.1, 0.15) is 5.75 Å². The second-order valence-electron chi connectivity index (χ2n) is 5.09. The van der Waals surface area contributed by atoms with E-state index < -0.39 is 5.91 Å². The average molecular weight is 305 g/mol. The molecular weight excluding hydrogens is 290 g/mol. The van der Waals surface area contributed by atoms with E-state index >= 15 is 0 Å². The van der Waals surface area contributed by atoms with Crippen molar-refractivity contribution in [3.63, 3.8) is 0 Å². The smallest absolute Gasteiger partial charge is 0.275 e. The topological polar surface area (TPSA) is 74.6 Å². The van der Waals surface area contributed by atoms with E-state index in [1.807, 2.05) is 24.3 Å². The van der Waals surface area contributed by atoms with Crippen molar-refractivity contribution in [2.75, 3.05) is 0 Å². The van der Waals surface area contributed by atoms with E-state index in [1.54, 1.807) is 43.6 Å². The molecule has 0 aliphatic carbocycles. The van der Waals surface area contributed by atoms with Gasteiger partial charge in [-0.3, -0.25) is 9.78 Å². The Kier molecular flexibility index (Phi) is 4.01. The number of phenolic OH excluding ortho intramolecular Hbond substituents is 1. The minimum atomic E-state index is -0.457. The van der Waals surface area contributed by atoms with E-state index in [1.165, 1.54) is 0 Å². The zero-order chi connectivity index (χ0) is 16.2. The van der Waals surface area contributed by atoms with E-state index in [-0.39, 0.29) is 11.3 Å². The van der Waals surface area contributed by atoms with Gasteiger partial charge < -0.3 is 5.11 Å². The van der Waals surface area contributed by atoms with Gasteiger partial charge in [0.25, 0.3) is 5.91 Å². The van der Waals surface area contributed by atoms with Crippen LogP contribution < -0.4 is 5.43 Å². The normalized spacial score (nSPS) is 11.4. The summed E-state index contributed by atoms with van der Waals surface area (Å²) in [6.45, 7) is 1.79. The molecule has 23 heavy (non-hydrogen) atoms. The largest absolute Gasteiger partial charge is 0.507 e. The quantitative estimate of drug-likeness (QED) is 0.577. The number of rotatable bonds is 3. The number of benzene rings is 2. The summed E-state index contributed by atoms with van der Waals surface area (Å²) in [4.78, 5) is 16.2. The van der Waals surface area contributed by atoms with Gasteiger partial charge in [-0.1, -0.05) is 24.3 Å². The highest BCUT2D eigenvalue weighted by Crippen LogP contribution is 2.24. The van der Waals surface area contributed by atoms with Crippen LogP contribution in [-0.2, 0) is 0 Å². The molecule has 114 valence electrons. The average Bonchev–Trinajstić information content (AvgIpc) is 2.59. The number of carbonyl (C=O) groups excluding carboxylic acids is 1. The lowest BCUT2D eigenvalue weighted by molar-refractivity contribution is 0.0952. The number of nitrogens with zero attached hydrogens (tertiary/aromatic N) is 2. The molecule has 0 atom stereocenters. The van der Waals surface area contributed by atoms with Crippen LogP contribution in [0.1, 0.15) is 22.8 Å². The van der Waals surface area contributed by atoms with Gasteiger partial charge in [0.15, 0.2) is 0 Å². The number of fused-ring (bicyclic) bond motifs is 1. The molecule has 3 aromatic rings. The summed E-state index contributed by atoms with van der Waals surface area (Å²) in [5.74, 6) is -0.528. The fraction of sp³-hybridized carbons (Fsp3) is 0.0556. The standard InChI is InChI=1S/C18H15N3O2/c1-12(13-6-8-19-9-7-13)20-21-18(23)16-10-14-4-2-3-5-15(14)11-17(16)22/h2-11,22H,1H3,(H,21,23)/b20-12+. The molecule has 5 heteroatoms. The third-order valence-corrected chi connectivity index (χ3v) is 3.53. The molecule has 0 aliphatic heterocycles. The number of aromatic nitrogens is 1. The van der Waals surface area contributed by atoms with E-state index in [0.29, 0.717) is 5.71 Å². The molecule has 1 heterocycles. The number of hydrazone groups is 1. The molecule has 3 rings (SSSR count). The van der Waals surface area contributed by atoms with Crippen LogP contribution in [0, 0.1) is 0 Å². The minimum Gasteiger partial charge on any atom is -0.507 e. The molecular formula is C18H15N3O2. The Bertz CT molecular complexity index is 889. The molecule has 2 N–H and O–H groups in total. The number of amides is 1. The number of hydrogen-bond acceptors (Lipinski definition) is 4. The van der Waals surface area contributed by atoms with Crippen LogP contribution in [0.2, 0.25) is 0 Å². The number of hydrogen-bond donors (Lipinski definition) is 2. The SMILES string of the molecule is C/C(=N\NC(=O)c1cc2ccccc2cc1O)c1ccncc1. The van der Waals surface area contributed by atoms with Crippen LogP contribution in [0.5, 0.6) is 5.75 Å². The Hall–Kier alpha value is -3.21. The number of aromatic hydroxyl groups is 1. The van der Waals surface area contributed by atoms with Crippen molar-refractivity contribution in [3.05, 3.63) is 72.1 Å². The first-order chi connectivity index (χ1) is 11.1. The van der Waals surface area contributed by atoms with Crippen molar-refractivity contribution in [1.82, 2.24) is 10.4 Å². The molecule has 0 bridgehead atoms. The second-order valence-corrected chi connectivity index (χ2v) is 5.09. The van der Waals surface area contributed by atoms with Gasteiger partial charge in [0, 0.05) is 18.0 Å². The van der Waals surface area contributed by atoms with E-state index in [9.17, 15) is 9.90 Å². The Labute approximate surface area is 133 Å². The van der Waals surface area contributed by atoms with Crippen molar-refractivity contribution < 1.29 is 9.90 Å². The van der Waals surface area contributed by atoms with E-state index in [4.69, 9.17) is 0 Å². The van der Waals surface area contributed by atoms with Crippen LogP contribution in [0.25, 0.3) is 10.8 Å². The summed E-state index contributed by atoms with van der Waals surface area (Å²) in [5.41, 5.74) is 4.18. The third kappa shape index (κ3) is 3.18. The Morgan fingerprint density at radius 2 is 1.74 bits per heavy atom. The van der Waals surface area contributed by atoms with Crippen molar-refractivity contribution >= 4 is 22.4 Å². The summed E-state index contributed by atoms with van der Waals surface area (Å²) in [6, 6.07) is 14.4. The molecule has 0 unspecified atom stereocenters. The van der Waals surface area contributed by atoms with Gasteiger partial charge in [-0.05, 0) is 42.0 Å². The van der Waals surface area contributed by atoms with Crippen molar-refractivity contribution in [2.45, 2.75) is 6.92 Å². The predicted molar refractivity (Wildman–Crippen MR) is 89.5 cm³/mol. The molecule has 1 amide bonds. The molecule has 0 saturated heterocycles. The lowest BCUT2D eigenvalue weighted by atomic mass is 10.1. The van der Waals surface area contributed by atoms with Gasteiger partial charge in [-0.2, -0.15) is 5.10 Å². The van der Waals surface area contributed by atoms with Crippen molar-refractivity contribution in [1.29, 1.82) is 0 Å². The lowest BCUT2D eigenvalue weighted by Gasteiger charge is -2.06. The Balaban J connectivity index is 1.85. The zero-order valence-electron chi connectivity index (χ0n) is 12.5. The number of phenols is 1. The highest BCUT2D eigenvalue weighted by atomic mass is 16.3. The minimum absolute atomic E-state index is 0.0713. The number of pyridine rings is 1. The van der Waals surface area contributed by atoms with E-state index in [2.05, 4.69) is 15.5 Å². The monoisotopic (exact) mass is 305 g/mol. The van der Waals surface area contributed by atoms with Crippen LogP contribution in [0.15, 0.2) is 66.0 Å². The first kappa shape index (κ1) is 14.7. The first-order valence-corrected chi connectivity index (χ1v) is 7.12. The second kappa shape index (κ2) is 6.27. The molecule has 5 nitrogen and oxygen atoms in total. The summed E-state index contributed by atoms with van der Waals surface area (Å²) >= 11 is 0.